The molecule has 0 bridgehead atoms. The number of hydrogen-bond donors (Lipinski definition) is 3. The minimum Gasteiger partial charge on any atom is -0.495 e. The molecule has 0 saturated carbocycles. The standard InChI is InChI=1S/C32H42N8O5S/c1-21(2)46(42,43)28-9-7-6-8-25(28)36-32-38-31(37-29-10-13-34-40(29)32)35-26-18-22(3)24(19-27(26)45-5)23-11-15-39(16-12-23)30(41)20-33-14-17-44-4/h6-10,13,18-19,21,23,33H,11-12,14-17,20H2,1-5H3,(H2,35,36,37,38). The second-order valence-electron chi connectivity index (χ2n) is 11.5. The van der Waals surface area contributed by atoms with Gasteiger partial charge < -0.3 is 30.3 Å². The second-order valence-corrected chi connectivity index (χ2v) is 14.0. The van der Waals surface area contributed by atoms with Crippen molar-refractivity contribution in [1.82, 2.24) is 29.8 Å². The van der Waals surface area contributed by atoms with Crippen LogP contribution in [0.4, 0.5) is 23.3 Å². The Labute approximate surface area is 269 Å². The quantitative estimate of drug-likeness (QED) is 0.180. The minimum atomic E-state index is -3.56. The van der Waals surface area contributed by atoms with Crippen LogP contribution in [0.1, 0.15) is 43.7 Å². The van der Waals surface area contributed by atoms with Crippen molar-refractivity contribution in [2.24, 2.45) is 0 Å². The largest absolute Gasteiger partial charge is 0.495 e. The number of para-hydroxylation sites is 1. The van der Waals surface area contributed by atoms with Gasteiger partial charge in [-0.15, -0.1) is 0 Å². The lowest BCUT2D eigenvalue weighted by Gasteiger charge is -2.33. The van der Waals surface area contributed by atoms with Gasteiger partial charge >= 0.3 is 0 Å². The third-order valence-electron chi connectivity index (χ3n) is 8.20. The molecule has 1 amide bonds. The Hall–Kier alpha value is -4.27. The van der Waals surface area contributed by atoms with Gasteiger partial charge in [-0.1, -0.05) is 12.1 Å². The van der Waals surface area contributed by atoms with Gasteiger partial charge in [0.1, 0.15) is 5.75 Å². The van der Waals surface area contributed by atoms with Crippen LogP contribution in [0.3, 0.4) is 0 Å². The topological polar surface area (TPSA) is 152 Å². The summed E-state index contributed by atoms with van der Waals surface area (Å²) < 4.78 is 38.5. The smallest absolute Gasteiger partial charge is 0.236 e. The van der Waals surface area contributed by atoms with E-state index >= 15 is 0 Å². The molecule has 2 aromatic heterocycles. The zero-order valence-corrected chi connectivity index (χ0v) is 27.7. The first kappa shape index (κ1) is 33.1. The van der Waals surface area contributed by atoms with Crippen LogP contribution in [0.2, 0.25) is 0 Å². The number of sulfone groups is 1. The third kappa shape index (κ3) is 7.24. The summed E-state index contributed by atoms with van der Waals surface area (Å²) in [5.74, 6) is 1.63. The molecule has 1 aliphatic heterocycles. The van der Waals surface area contributed by atoms with E-state index in [0.29, 0.717) is 67.4 Å². The van der Waals surface area contributed by atoms with Gasteiger partial charge in [-0.05, 0) is 74.9 Å². The maximum absolute atomic E-state index is 13.1. The lowest BCUT2D eigenvalue weighted by atomic mass is 9.86. The molecule has 2 aromatic carbocycles. The van der Waals surface area contributed by atoms with Crippen LogP contribution >= 0.6 is 0 Å². The van der Waals surface area contributed by atoms with E-state index in [9.17, 15) is 13.2 Å². The van der Waals surface area contributed by atoms with Crippen LogP contribution in [-0.2, 0) is 19.4 Å². The number of likely N-dealkylation sites (tertiary alicyclic amines) is 1. The van der Waals surface area contributed by atoms with Gasteiger partial charge in [-0.2, -0.15) is 19.6 Å². The zero-order chi connectivity index (χ0) is 32.8. The molecule has 1 aliphatic rings. The maximum Gasteiger partial charge on any atom is 0.236 e. The van der Waals surface area contributed by atoms with E-state index < -0.39 is 15.1 Å². The number of amides is 1. The van der Waals surface area contributed by atoms with E-state index in [1.165, 1.54) is 10.1 Å². The molecular weight excluding hydrogens is 608 g/mol. The Morgan fingerprint density at radius 2 is 1.80 bits per heavy atom. The van der Waals surface area contributed by atoms with Crippen LogP contribution < -0.4 is 20.7 Å². The molecule has 0 unspecified atom stereocenters. The average Bonchev–Trinajstić information content (AvgIpc) is 3.52. The number of benzene rings is 2. The van der Waals surface area contributed by atoms with E-state index in [0.717, 1.165) is 18.4 Å². The van der Waals surface area contributed by atoms with Crippen LogP contribution in [0.5, 0.6) is 5.75 Å². The van der Waals surface area contributed by atoms with Crippen molar-refractivity contribution < 1.29 is 22.7 Å². The molecule has 1 fully saturated rings. The summed E-state index contributed by atoms with van der Waals surface area (Å²) in [5, 5.41) is 13.3. The number of carbonyl (C=O) groups is 1. The van der Waals surface area contributed by atoms with E-state index in [1.807, 2.05) is 11.0 Å². The number of hydrogen-bond acceptors (Lipinski definition) is 11. The maximum atomic E-state index is 13.1. The number of nitrogens with one attached hydrogen (secondary N) is 3. The van der Waals surface area contributed by atoms with Crippen molar-refractivity contribution in [3.05, 3.63) is 59.8 Å². The number of ether oxygens (including phenoxy) is 2. The number of anilines is 4. The summed E-state index contributed by atoms with van der Waals surface area (Å²) in [6, 6.07) is 12.6. The highest BCUT2D eigenvalue weighted by atomic mass is 32.2. The monoisotopic (exact) mass is 650 g/mol. The summed E-state index contributed by atoms with van der Waals surface area (Å²) in [4.78, 5) is 24.0. The lowest BCUT2D eigenvalue weighted by molar-refractivity contribution is -0.131. The van der Waals surface area contributed by atoms with E-state index in [1.54, 1.807) is 64.6 Å². The molecule has 0 aliphatic carbocycles. The third-order valence-corrected chi connectivity index (χ3v) is 10.4. The predicted octanol–water partition coefficient (Wildman–Crippen LogP) is 4.05. The highest BCUT2D eigenvalue weighted by molar-refractivity contribution is 7.92. The van der Waals surface area contributed by atoms with E-state index in [4.69, 9.17) is 9.47 Å². The first-order valence-electron chi connectivity index (χ1n) is 15.4. The number of carbonyl (C=O) groups excluding carboxylic acids is 1. The van der Waals surface area contributed by atoms with E-state index in [-0.39, 0.29) is 16.8 Å². The highest BCUT2D eigenvalue weighted by Gasteiger charge is 2.26. The number of rotatable bonds is 13. The van der Waals surface area contributed by atoms with Gasteiger partial charge in [0.15, 0.2) is 15.5 Å². The number of nitrogens with zero attached hydrogens (tertiary/aromatic N) is 5. The molecule has 3 N–H and O–H groups in total. The Kier molecular flexibility index (Phi) is 10.4. The molecule has 5 rings (SSSR count). The number of piperidine rings is 1. The molecule has 3 heterocycles. The number of aryl methyl sites for hydroxylation is 1. The van der Waals surface area contributed by atoms with E-state index in [2.05, 4.69) is 44.0 Å². The lowest BCUT2D eigenvalue weighted by Crippen LogP contribution is -2.43. The predicted molar refractivity (Wildman–Crippen MR) is 177 cm³/mol. The van der Waals surface area contributed by atoms with Crippen molar-refractivity contribution >= 4 is 44.7 Å². The Balaban J connectivity index is 1.35. The fourth-order valence-corrected chi connectivity index (χ4v) is 6.81. The van der Waals surface area contributed by atoms with Crippen LogP contribution in [0, 0.1) is 6.92 Å². The number of fused-ring (bicyclic) bond motifs is 1. The average molecular weight is 651 g/mol. The Bertz CT molecular complexity index is 1780. The molecule has 246 valence electrons. The van der Waals surface area contributed by atoms with Crippen molar-refractivity contribution in [2.45, 2.75) is 49.7 Å². The van der Waals surface area contributed by atoms with Gasteiger partial charge in [-0.25, -0.2) is 8.42 Å². The molecule has 14 heteroatoms. The van der Waals surface area contributed by atoms with Crippen LogP contribution in [-0.4, -0.2) is 91.1 Å². The van der Waals surface area contributed by atoms with Gasteiger partial charge in [0.2, 0.25) is 17.8 Å². The summed E-state index contributed by atoms with van der Waals surface area (Å²) >= 11 is 0. The first-order chi connectivity index (χ1) is 22.1. The molecule has 13 nitrogen and oxygen atoms in total. The summed E-state index contributed by atoms with van der Waals surface area (Å²) in [6.45, 7) is 8.31. The molecule has 0 atom stereocenters. The van der Waals surface area contributed by atoms with Crippen molar-refractivity contribution in [3.8, 4) is 5.75 Å². The molecule has 4 aromatic rings. The Morgan fingerprint density at radius 3 is 2.52 bits per heavy atom. The first-order valence-corrected chi connectivity index (χ1v) is 16.9. The van der Waals surface area contributed by atoms with Gasteiger partial charge in [0, 0.05) is 32.8 Å². The highest BCUT2D eigenvalue weighted by Crippen LogP contribution is 2.37. The molecular formula is C32H42N8O5S. The van der Waals surface area contributed by atoms with Crippen molar-refractivity contribution in [2.75, 3.05) is 57.6 Å². The molecule has 0 radical (unpaired) electrons. The molecule has 1 saturated heterocycles. The molecule has 46 heavy (non-hydrogen) atoms. The fraction of sp³-hybridized carbons (Fsp3) is 0.438. The van der Waals surface area contributed by atoms with Crippen LogP contribution in [0.15, 0.2) is 53.6 Å². The van der Waals surface area contributed by atoms with Gasteiger partial charge in [-0.3, -0.25) is 4.79 Å². The van der Waals surface area contributed by atoms with Gasteiger partial charge in [0.25, 0.3) is 0 Å². The number of methoxy groups -OCH3 is 2. The molecule has 0 spiro atoms. The van der Waals surface area contributed by atoms with Crippen molar-refractivity contribution in [1.29, 1.82) is 0 Å². The minimum absolute atomic E-state index is 0.109. The summed E-state index contributed by atoms with van der Waals surface area (Å²) in [7, 11) is -0.297. The fourth-order valence-electron chi connectivity index (χ4n) is 5.61. The second kappa shape index (κ2) is 14.4. The van der Waals surface area contributed by atoms with Crippen LogP contribution in [0.25, 0.3) is 5.65 Å². The Morgan fingerprint density at radius 1 is 1.04 bits per heavy atom. The zero-order valence-electron chi connectivity index (χ0n) is 26.9. The summed E-state index contributed by atoms with van der Waals surface area (Å²) in [5.41, 5.74) is 3.88. The summed E-state index contributed by atoms with van der Waals surface area (Å²) in [6.07, 6.45) is 3.33. The van der Waals surface area contributed by atoms with Crippen molar-refractivity contribution in [3.63, 3.8) is 0 Å². The van der Waals surface area contributed by atoms with Gasteiger partial charge in [0.05, 0.1) is 48.0 Å². The normalized spacial score (nSPS) is 14.2. The number of aromatic nitrogens is 4. The SMILES string of the molecule is COCCNCC(=O)N1CCC(c2cc(OC)c(Nc3nc(Nc4ccccc4S(=O)(=O)C(C)C)n4nccc4n3)cc2C)CC1.